The molecule has 0 heterocycles. The van der Waals surface area contributed by atoms with Crippen molar-refractivity contribution in [3.8, 4) is 0 Å². The molecule has 2 aromatic carbocycles. The van der Waals surface area contributed by atoms with Gasteiger partial charge in [0.1, 0.15) is 0 Å². The van der Waals surface area contributed by atoms with Gasteiger partial charge in [-0.2, -0.15) is 0 Å². The van der Waals surface area contributed by atoms with Crippen molar-refractivity contribution in [1.29, 1.82) is 0 Å². The van der Waals surface area contributed by atoms with Gasteiger partial charge in [-0.3, -0.25) is 9.59 Å². The number of rotatable bonds is 7. The summed E-state index contributed by atoms with van der Waals surface area (Å²) >= 11 is 0. The molecule has 0 unspecified atom stereocenters. The van der Waals surface area contributed by atoms with Crippen LogP contribution in [0.15, 0.2) is 48.5 Å². The lowest BCUT2D eigenvalue weighted by molar-refractivity contribution is 0.0955. The molecule has 8 heteroatoms. The third-order valence-electron chi connectivity index (χ3n) is 4.14. The summed E-state index contributed by atoms with van der Waals surface area (Å²) < 4.78 is 0. The largest absolute Gasteiger partial charge is 0.351 e. The Kier molecular flexibility index (Phi) is 6.23. The summed E-state index contributed by atoms with van der Waals surface area (Å²) in [4.78, 5) is 36.7. The minimum absolute atomic E-state index is 0.244. The lowest BCUT2D eigenvalue weighted by Crippen LogP contribution is -2.30. The van der Waals surface area contributed by atoms with Crippen LogP contribution < -0.4 is 27.0 Å². The second-order valence-corrected chi connectivity index (χ2v) is 6.50. The van der Waals surface area contributed by atoms with Gasteiger partial charge in [-0.15, -0.1) is 0 Å². The van der Waals surface area contributed by atoms with Crippen LogP contribution in [0, 0.1) is 0 Å². The average Bonchev–Trinajstić information content (AvgIpc) is 3.50. The van der Waals surface area contributed by atoms with Crippen molar-refractivity contribution >= 4 is 29.2 Å². The Morgan fingerprint density at radius 3 is 2.50 bits per heavy atom. The van der Waals surface area contributed by atoms with Gasteiger partial charge in [-0.1, -0.05) is 18.2 Å². The number of urea groups is 1. The maximum atomic E-state index is 12.6. The molecule has 0 saturated heterocycles. The molecule has 0 aliphatic heterocycles. The van der Waals surface area contributed by atoms with E-state index in [2.05, 4.69) is 21.3 Å². The third kappa shape index (κ3) is 5.31. The standard InChI is InChI=1S/C20H23N5O3/c21-10-11-22-19(27)16-6-1-2-7-17(16)25-18(26)13-4-3-5-15(12-13)24-20(28)23-14-8-9-14/h1-7,12,14H,8-11,21H2,(H,22,27)(H,25,26)(H2,23,24,28). The number of amides is 4. The second-order valence-electron chi connectivity index (χ2n) is 6.50. The summed E-state index contributed by atoms with van der Waals surface area (Å²) in [6, 6.07) is 13.3. The van der Waals surface area contributed by atoms with Gasteiger partial charge < -0.3 is 27.0 Å². The van der Waals surface area contributed by atoms with Gasteiger partial charge in [0.2, 0.25) is 0 Å². The molecule has 0 bridgehead atoms. The lowest BCUT2D eigenvalue weighted by Gasteiger charge is -2.12. The summed E-state index contributed by atoms with van der Waals surface area (Å²) in [5, 5.41) is 11.0. The van der Waals surface area contributed by atoms with Crippen molar-refractivity contribution in [3.05, 3.63) is 59.7 Å². The normalized spacial score (nSPS) is 12.8. The minimum atomic E-state index is -0.384. The topological polar surface area (TPSA) is 125 Å². The van der Waals surface area contributed by atoms with Crippen molar-refractivity contribution in [3.63, 3.8) is 0 Å². The number of anilines is 2. The highest BCUT2D eigenvalue weighted by atomic mass is 16.2. The molecule has 0 atom stereocenters. The van der Waals surface area contributed by atoms with Crippen molar-refractivity contribution in [2.45, 2.75) is 18.9 Å². The van der Waals surface area contributed by atoms with E-state index < -0.39 is 0 Å². The first-order valence-corrected chi connectivity index (χ1v) is 9.13. The fraction of sp³-hybridized carbons (Fsp3) is 0.250. The van der Waals surface area contributed by atoms with Gasteiger partial charge in [0.05, 0.1) is 11.3 Å². The van der Waals surface area contributed by atoms with Crippen LogP contribution >= 0.6 is 0 Å². The number of nitrogens with two attached hydrogens (primary N) is 1. The Bertz CT molecular complexity index is 880. The third-order valence-corrected chi connectivity index (χ3v) is 4.14. The molecule has 4 amide bonds. The maximum absolute atomic E-state index is 12.6. The fourth-order valence-corrected chi connectivity index (χ4v) is 2.58. The van der Waals surface area contributed by atoms with Crippen molar-refractivity contribution in [1.82, 2.24) is 10.6 Å². The quantitative estimate of drug-likeness (QED) is 0.502. The molecule has 6 N–H and O–H groups in total. The predicted molar refractivity (Wildman–Crippen MR) is 107 cm³/mol. The summed E-state index contributed by atoms with van der Waals surface area (Å²) in [6.07, 6.45) is 1.99. The van der Waals surface area contributed by atoms with Crippen LogP contribution in [0.3, 0.4) is 0 Å². The number of para-hydroxylation sites is 1. The molecule has 1 aliphatic carbocycles. The van der Waals surface area contributed by atoms with Gasteiger partial charge >= 0.3 is 6.03 Å². The van der Waals surface area contributed by atoms with Crippen LogP contribution in [-0.2, 0) is 0 Å². The lowest BCUT2D eigenvalue weighted by atomic mass is 10.1. The SMILES string of the molecule is NCCNC(=O)c1ccccc1NC(=O)c1cccc(NC(=O)NC2CC2)c1. The molecule has 0 spiro atoms. The van der Waals surface area contributed by atoms with Crippen LogP contribution in [0.1, 0.15) is 33.6 Å². The molecular weight excluding hydrogens is 358 g/mol. The zero-order valence-corrected chi connectivity index (χ0v) is 15.3. The monoisotopic (exact) mass is 381 g/mol. The van der Waals surface area contributed by atoms with E-state index in [-0.39, 0.29) is 23.9 Å². The Hall–Kier alpha value is -3.39. The predicted octanol–water partition coefficient (Wildman–Crippen LogP) is 1.91. The fourth-order valence-electron chi connectivity index (χ4n) is 2.58. The van der Waals surface area contributed by atoms with E-state index in [1.165, 1.54) is 0 Å². The Labute approximate surface area is 162 Å². The van der Waals surface area contributed by atoms with Gasteiger partial charge in [0.15, 0.2) is 0 Å². The molecule has 1 aliphatic rings. The van der Waals surface area contributed by atoms with E-state index in [0.717, 1.165) is 12.8 Å². The van der Waals surface area contributed by atoms with E-state index in [9.17, 15) is 14.4 Å². The summed E-state index contributed by atoms with van der Waals surface area (Å²) in [5.41, 5.74) is 7.03. The van der Waals surface area contributed by atoms with E-state index in [1.807, 2.05) is 0 Å². The van der Waals surface area contributed by atoms with Gasteiger partial charge in [0.25, 0.3) is 11.8 Å². The Balaban J connectivity index is 1.68. The minimum Gasteiger partial charge on any atom is -0.351 e. The average molecular weight is 381 g/mol. The zero-order chi connectivity index (χ0) is 19.9. The first-order chi connectivity index (χ1) is 13.6. The molecule has 2 aromatic rings. The van der Waals surface area contributed by atoms with Crippen LogP contribution in [0.25, 0.3) is 0 Å². The van der Waals surface area contributed by atoms with E-state index in [4.69, 9.17) is 5.73 Å². The second kappa shape index (κ2) is 9.01. The summed E-state index contributed by atoms with van der Waals surface area (Å²) in [6.45, 7) is 0.673. The van der Waals surface area contributed by atoms with Crippen molar-refractivity contribution < 1.29 is 14.4 Å². The highest BCUT2D eigenvalue weighted by Crippen LogP contribution is 2.20. The smallest absolute Gasteiger partial charge is 0.319 e. The molecule has 8 nitrogen and oxygen atoms in total. The van der Waals surface area contributed by atoms with Crippen LogP contribution in [0.4, 0.5) is 16.2 Å². The highest BCUT2D eigenvalue weighted by Gasteiger charge is 2.23. The summed E-state index contributed by atoms with van der Waals surface area (Å²) in [7, 11) is 0. The zero-order valence-electron chi connectivity index (χ0n) is 15.3. The number of benzene rings is 2. The Morgan fingerprint density at radius 2 is 1.75 bits per heavy atom. The van der Waals surface area contributed by atoms with E-state index in [1.54, 1.807) is 48.5 Å². The number of hydrogen-bond donors (Lipinski definition) is 5. The van der Waals surface area contributed by atoms with E-state index in [0.29, 0.717) is 35.6 Å². The van der Waals surface area contributed by atoms with Gasteiger partial charge in [0, 0.05) is 30.4 Å². The molecular formula is C20H23N5O3. The first-order valence-electron chi connectivity index (χ1n) is 9.13. The first kappa shape index (κ1) is 19.4. The molecule has 1 saturated carbocycles. The summed E-state index contributed by atoms with van der Waals surface area (Å²) in [5.74, 6) is -0.696. The van der Waals surface area contributed by atoms with Crippen LogP contribution in [0.5, 0.6) is 0 Å². The number of carbonyl (C=O) groups excluding carboxylic acids is 3. The molecule has 1 fully saturated rings. The molecule has 28 heavy (non-hydrogen) atoms. The molecule has 0 aromatic heterocycles. The van der Waals surface area contributed by atoms with Crippen molar-refractivity contribution in [2.75, 3.05) is 23.7 Å². The molecule has 3 rings (SSSR count). The van der Waals surface area contributed by atoms with Gasteiger partial charge in [-0.05, 0) is 43.2 Å². The van der Waals surface area contributed by atoms with Crippen LogP contribution in [-0.4, -0.2) is 37.0 Å². The molecule has 0 radical (unpaired) electrons. The maximum Gasteiger partial charge on any atom is 0.319 e. The number of nitrogens with one attached hydrogen (secondary N) is 4. The van der Waals surface area contributed by atoms with Gasteiger partial charge in [-0.25, -0.2) is 4.79 Å². The number of carbonyl (C=O) groups is 3. The van der Waals surface area contributed by atoms with Crippen LogP contribution in [0.2, 0.25) is 0 Å². The van der Waals surface area contributed by atoms with E-state index >= 15 is 0 Å². The number of hydrogen-bond acceptors (Lipinski definition) is 4. The highest BCUT2D eigenvalue weighted by molar-refractivity contribution is 6.09. The Morgan fingerprint density at radius 1 is 0.964 bits per heavy atom. The van der Waals surface area contributed by atoms with Crippen molar-refractivity contribution in [2.24, 2.45) is 5.73 Å². The molecule has 146 valence electrons.